The van der Waals surface area contributed by atoms with Gasteiger partial charge >= 0.3 is 0 Å². The average molecular weight is 251 g/mol. The predicted octanol–water partition coefficient (Wildman–Crippen LogP) is 0.948. The third kappa shape index (κ3) is 2.80. The molecule has 96 valence electrons. The molecule has 18 heavy (non-hydrogen) atoms. The summed E-state index contributed by atoms with van der Waals surface area (Å²) in [6.07, 6.45) is 0. The van der Waals surface area contributed by atoms with Crippen molar-refractivity contribution < 1.29 is 9.13 Å². The number of tetrazole rings is 1. The SMILES string of the molecule is CC(N)c1cc(F)ccc1OCc1nnn(C)n1. The van der Waals surface area contributed by atoms with Gasteiger partial charge in [0.2, 0.25) is 5.82 Å². The van der Waals surface area contributed by atoms with Crippen molar-refractivity contribution in [3.8, 4) is 5.75 Å². The van der Waals surface area contributed by atoms with Crippen LogP contribution >= 0.6 is 0 Å². The summed E-state index contributed by atoms with van der Waals surface area (Å²) >= 11 is 0. The lowest BCUT2D eigenvalue weighted by molar-refractivity contribution is 0.290. The molecule has 6 nitrogen and oxygen atoms in total. The second kappa shape index (κ2) is 5.09. The molecule has 0 saturated heterocycles. The molecule has 1 heterocycles. The van der Waals surface area contributed by atoms with E-state index in [4.69, 9.17) is 10.5 Å². The van der Waals surface area contributed by atoms with Crippen LogP contribution in [0.1, 0.15) is 24.4 Å². The molecule has 0 spiro atoms. The Labute approximate surface area is 104 Å². The minimum atomic E-state index is -0.340. The van der Waals surface area contributed by atoms with Crippen LogP contribution in [0.3, 0.4) is 0 Å². The summed E-state index contributed by atoms with van der Waals surface area (Å²) in [6, 6.07) is 3.92. The van der Waals surface area contributed by atoms with Crippen LogP contribution in [0, 0.1) is 5.82 Å². The summed E-state index contributed by atoms with van der Waals surface area (Å²) in [4.78, 5) is 1.34. The quantitative estimate of drug-likeness (QED) is 0.875. The van der Waals surface area contributed by atoms with Gasteiger partial charge in [0.1, 0.15) is 11.6 Å². The first kappa shape index (κ1) is 12.4. The Hall–Kier alpha value is -2.02. The van der Waals surface area contributed by atoms with Gasteiger partial charge in [0.15, 0.2) is 6.61 Å². The lowest BCUT2D eigenvalue weighted by Crippen LogP contribution is -2.09. The number of nitrogens with two attached hydrogens (primary N) is 1. The van der Waals surface area contributed by atoms with E-state index in [0.717, 1.165) is 0 Å². The molecule has 0 aliphatic rings. The molecule has 7 heteroatoms. The fourth-order valence-corrected chi connectivity index (χ4v) is 1.53. The average Bonchev–Trinajstić information content (AvgIpc) is 2.73. The number of hydrogen-bond donors (Lipinski definition) is 1. The predicted molar refractivity (Wildman–Crippen MR) is 62.1 cm³/mol. The first-order valence-electron chi connectivity index (χ1n) is 5.47. The van der Waals surface area contributed by atoms with E-state index in [1.807, 2.05) is 0 Å². The van der Waals surface area contributed by atoms with Crippen LogP contribution in [0.5, 0.6) is 5.75 Å². The number of ether oxygens (including phenoxy) is 1. The zero-order chi connectivity index (χ0) is 13.1. The summed E-state index contributed by atoms with van der Waals surface area (Å²) in [5.41, 5.74) is 6.37. The molecule has 0 fully saturated rings. The van der Waals surface area contributed by atoms with Gasteiger partial charge in [-0.2, -0.15) is 4.80 Å². The molecule has 2 aromatic rings. The van der Waals surface area contributed by atoms with Gasteiger partial charge in [-0.1, -0.05) is 0 Å². The van der Waals surface area contributed by atoms with Gasteiger partial charge in [-0.05, 0) is 30.3 Å². The van der Waals surface area contributed by atoms with Gasteiger partial charge in [0.25, 0.3) is 0 Å². The van der Waals surface area contributed by atoms with Gasteiger partial charge in [-0.3, -0.25) is 0 Å². The molecule has 2 rings (SSSR count). The van der Waals surface area contributed by atoms with Gasteiger partial charge in [0.05, 0.1) is 7.05 Å². The van der Waals surface area contributed by atoms with Gasteiger partial charge in [-0.25, -0.2) is 4.39 Å². The molecule has 1 aromatic carbocycles. The first-order chi connectivity index (χ1) is 8.56. The second-order valence-electron chi connectivity index (χ2n) is 3.95. The van der Waals surface area contributed by atoms with Crippen molar-refractivity contribution in [1.82, 2.24) is 20.2 Å². The molecular weight excluding hydrogens is 237 g/mol. The minimum Gasteiger partial charge on any atom is -0.485 e. The zero-order valence-electron chi connectivity index (χ0n) is 10.2. The molecule has 0 aliphatic heterocycles. The highest BCUT2D eigenvalue weighted by Gasteiger charge is 2.11. The minimum absolute atomic E-state index is 0.166. The highest BCUT2D eigenvalue weighted by molar-refractivity contribution is 5.36. The molecule has 1 aromatic heterocycles. The van der Waals surface area contributed by atoms with E-state index in [1.165, 1.54) is 16.9 Å². The van der Waals surface area contributed by atoms with Gasteiger partial charge in [-0.15, -0.1) is 10.2 Å². The third-order valence-corrected chi connectivity index (χ3v) is 2.37. The van der Waals surface area contributed by atoms with Crippen LogP contribution in [-0.2, 0) is 13.7 Å². The monoisotopic (exact) mass is 251 g/mol. The number of hydrogen-bond acceptors (Lipinski definition) is 5. The summed E-state index contributed by atoms with van der Waals surface area (Å²) in [5.74, 6) is 0.642. The topological polar surface area (TPSA) is 78.9 Å². The fraction of sp³-hybridized carbons (Fsp3) is 0.364. The summed E-state index contributed by atoms with van der Waals surface area (Å²) in [7, 11) is 1.67. The fourth-order valence-electron chi connectivity index (χ4n) is 1.53. The Balaban J connectivity index is 2.13. The Morgan fingerprint density at radius 3 is 2.89 bits per heavy atom. The largest absolute Gasteiger partial charge is 0.485 e. The van der Waals surface area contributed by atoms with Crippen molar-refractivity contribution in [3.05, 3.63) is 35.4 Å². The summed E-state index contributed by atoms with van der Waals surface area (Å²) in [6.45, 7) is 1.93. The van der Waals surface area contributed by atoms with E-state index in [-0.39, 0.29) is 18.5 Å². The summed E-state index contributed by atoms with van der Waals surface area (Å²) < 4.78 is 18.7. The normalized spacial score (nSPS) is 12.4. The van der Waals surface area contributed by atoms with E-state index in [2.05, 4.69) is 15.4 Å². The highest BCUT2D eigenvalue weighted by atomic mass is 19.1. The van der Waals surface area contributed by atoms with E-state index < -0.39 is 0 Å². The van der Waals surface area contributed by atoms with Crippen molar-refractivity contribution in [2.75, 3.05) is 0 Å². The van der Waals surface area contributed by atoms with E-state index in [1.54, 1.807) is 20.0 Å². The van der Waals surface area contributed by atoms with Crippen molar-refractivity contribution in [2.24, 2.45) is 12.8 Å². The molecule has 1 unspecified atom stereocenters. The second-order valence-corrected chi connectivity index (χ2v) is 3.95. The number of benzene rings is 1. The van der Waals surface area contributed by atoms with E-state index >= 15 is 0 Å². The maximum absolute atomic E-state index is 13.1. The molecule has 2 N–H and O–H groups in total. The molecule has 1 atom stereocenters. The Morgan fingerprint density at radius 2 is 2.28 bits per heavy atom. The molecule has 0 aliphatic carbocycles. The molecule has 0 saturated carbocycles. The zero-order valence-corrected chi connectivity index (χ0v) is 10.2. The molecule has 0 radical (unpaired) electrons. The van der Waals surface area contributed by atoms with Crippen LogP contribution in [0.4, 0.5) is 4.39 Å². The summed E-state index contributed by atoms with van der Waals surface area (Å²) in [5, 5.41) is 11.5. The third-order valence-electron chi connectivity index (χ3n) is 2.37. The van der Waals surface area contributed by atoms with Crippen molar-refractivity contribution in [2.45, 2.75) is 19.6 Å². The molecular formula is C11H14FN5O. The highest BCUT2D eigenvalue weighted by Crippen LogP contribution is 2.25. The standard InChI is InChI=1S/C11H14FN5O/c1-7(13)9-5-8(12)3-4-10(9)18-6-11-14-16-17(2)15-11/h3-5,7H,6,13H2,1-2H3. The van der Waals surface area contributed by atoms with E-state index in [9.17, 15) is 4.39 Å². The molecule has 0 amide bonds. The number of nitrogens with zero attached hydrogens (tertiary/aromatic N) is 4. The van der Waals surface area contributed by atoms with Crippen molar-refractivity contribution in [3.63, 3.8) is 0 Å². The Morgan fingerprint density at radius 1 is 1.50 bits per heavy atom. The maximum Gasteiger partial charge on any atom is 0.212 e. The van der Waals surface area contributed by atoms with Crippen LogP contribution in [0.15, 0.2) is 18.2 Å². The van der Waals surface area contributed by atoms with Crippen LogP contribution in [0.25, 0.3) is 0 Å². The van der Waals surface area contributed by atoms with Crippen molar-refractivity contribution >= 4 is 0 Å². The van der Waals surface area contributed by atoms with Crippen molar-refractivity contribution in [1.29, 1.82) is 0 Å². The Kier molecular flexibility index (Phi) is 3.52. The number of aryl methyl sites for hydroxylation is 1. The lowest BCUT2D eigenvalue weighted by Gasteiger charge is -2.12. The lowest BCUT2D eigenvalue weighted by atomic mass is 10.1. The van der Waals surface area contributed by atoms with E-state index in [0.29, 0.717) is 17.1 Å². The number of aromatic nitrogens is 4. The first-order valence-corrected chi connectivity index (χ1v) is 5.47. The van der Waals surface area contributed by atoms with Gasteiger partial charge < -0.3 is 10.5 Å². The number of rotatable bonds is 4. The van der Waals surface area contributed by atoms with Gasteiger partial charge in [0, 0.05) is 11.6 Å². The molecule has 0 bridgehead atoms. The van der Waals surface area contributed by atoms with Crippen LogP contribution in [-0.4, -0.2) is 20.2 Å². The van der Waals surface area contributed by atoms with Crippen LogP contribution in [0.2, 0.25) is 0 Å². The maximum atomic E-state index is 13.1. The van der Waals surface area contributed by atoms with Crippen LogP contribution < -0.4 is 10.5 Å². The number of halogens is 1. The Bertz CT molecular complexity index is 540. The smallest absolute Gasteiger partial charge is 0.212 e.